The monoisotopic (exact) mass is 372 g/mol. The van der Waals surface area contributed by atoms with E-state index in [0.29, 0.717) is 17.9 Å². The predicted octanol–water partition coefficient (Wildman–Crippen LogP) is 2.01. The van der Waals surface area contributed by atoms with Crippen LogP contribution in [-0.4, -0.2) is 25.2 Å². The lowest BCUT2D eigenvalue weighted by Gasteiger charge is -2.12. The summed E-state index contributed by atoms with van der Waals surface area (Å²) in [7, 11) is -0.135. The van der Waals surface area contributed by atoms with Gasteiger partial charge in [-0.25, -0.2) is 8.42 Å². The van der Waals surface area contributed by atoms with Gasteiger partial charge in [0, 0.05) is 30.3 Å². The van der Waals surface area contributed by atoms with Gasteiger partial charge in [-0.15, -0.1) is 0 Å². The molecule has 21 heavy (non-hydrogen) atoms. The van der Waals surface area contributed by atoms with Gasteiger partial charge in [-0.3, -0.25) is 9.40 Å². The Kier molecular flexibility index (Phi) is 4.70. The fourth-order valence-corrected chi connectivity index (χ4v) is 3.91. The molecule has 0 atom stereocenters. The fraction of sp³-hybridized carbons (Fsp3) is 0.308. The summed E-state index contributed by atoms with van der Waals surface area (Å²) in [5.41, 5.74) is 1.55. The highest BCUT2D eigenvalue weighted by Gasteiger charge is 2.20. The van der Waals surface area contributed by atoms with Gasteiger partial charge in [0.2, 0.25) is 0 Å². The molecule has 1 heterocycles. The molecule has 114 valence electrons. The molecular formula is C13H17BrN4O2S. The number of hydrogen-bond acceptors (Lipinski definition) is 4. The maximum Gasteiger partial charge on any atom is 0.263 e. The molecule has 2 aromatic rings. The van der Waals surface area contributed by atoms with Crippen molar-refractivity contribution in [3.05, 3.63) is 40.0 Å². The van der Waals surface area contributed by atoms with Gasteiger partial charge < -0.3 is 5.32 Å². The third-order valence-corrected chi connectivity index (χ3v) is 5.28. The SMILES string of the molecule is CNCc1cc(Br)c(C)c(S(=O)(=O)Nc2ccn(C)n2)c1. The number of hydrogen-bond donors (Lipinski definition) is 2. The Morgan fingerprint density at radius 1 is 1.38 bits per heavy atom. The highest BCUT2D eigenvalue weighted by molar-refractivity contribution is 9.10. The lowest BCUT2D eigenvalue weighted by molar-refractivity contribution is 0.600. The van der Waals surface area contributed by atoms with Gasteiger partial charge in [0.1, 0.15) is 0 Å². The first-order chi connectivity index (χ1) is 9.83. The first-order valence-corrected chi connectivity index (χ1v) is 8.57. The molecule has 8 heteroatoms. The molecule has 1 aromatic heterocycles. The van der Waals surface area contributed by atoms with Crippen molar-refractivity contribution in [2.24, 2.45) is 7.05 Å². The van der Waals surface area contributed by atoms with Crippen LogP contribution in [0.15, 0.2) is 33.8 Å². The number of nitrogens with zero attached hydrogens (tertiary/aromatic N) is 2. The number of halogens is 1. The maximum absolute atomic E-state index is 12.5. The van der Waals surface area contributed by atoms with Crippen LogP contribution in [0.2, 0.25) is 0 Å². The van der Waals surface area contributed by atoms with Crippen LogP contribution in [0, 0.1) is 6.92 Å². The number of rotatable bonds is 5. The van der Waals surface area contributed by atoms with E-state index in [1.54, 1.807) is 32.3 Å². The van der Waals surface area contributed by atoms with Gasteiger partial charge in [-0.1, -0.05) is 15.9 Å². The van der Waals surface area contributed by atoms with Crippen LogP contribution in [0.4, 0.5) is 5.82 Å². The zero-order valence-electron chi connectivity index (χ0n) is 12.0. The lowest BCUT2D eigenvalue weighted by atomic mass is 10.1. The first kappa shape index (κ1) is 16.0. The van der Waals surface area contributed by atoms with E-state index in [1.165, 1.54) is 4.68 Å². The normalized spacial score (nSPS) is 11.6. The maximum atomic E-state index is 12.5. The molecular weight excluding hydrogens is 356 g/mol. The summed E-state index contributed by atoms with van der Waals surface area (Å²) in [6.07, 6.45) is 1.68. The van der Waals surface area contributed by atoms with Gasteiger partial charge >= 0.3 is 0 Å². The molecule has 0 spiro atoms. The van der Waals surface area contributed by atoms with Crippen LogP contribution in [0.5, 0.6) is 0 Å². The molecule has 2 N–H and O–H groups in total. The number of aromatic nitrogens is 2. The molecule has 1 aromatic carbocycles. The summed E-state index contributed by atoms with van der Waals surface area (Å²) in [5, 5.41) is 7.05. The summed E-state index contributed by atoms with van der Waals surface area (Å²) in [5.74, 6) is 0.298. The standard InChI is InChI=1S/C13H17BrN4O2S/c1-9-11(14)6-10(8-15-2)7-12(9)21(19,20)17-13-4-5-18(3)16-13/h4-7,15H,8H2,1-3H3,(H,16,17). The Hall–Kier alpha value is -1.38. The van der Waals surface area contributed by atoms with Crippen molar-refractivity contribution < 1.29 is 8.42 Å². The Morgan fingerprint density at radius 2 is 2.10 bits per heavy atom. The van der Waals surface area contributed by atoms with Gasteiger partial charge in [0.05, 0.1) is 4.90 Å². The Bertz CT molecular complexity index is 756. The second kappa shape index (κ2) is 6.17. The molecule has 0 unspecified atom stereocenters. The van der Waals surface area contributed by atoms with Crippen LogP contribution in [0.3, 0.4) is 0 Å². The van der Waals surface area contributed by atoms with Crippen LogP contribution in [0.1, 0.15) is 11.1 Å². The smallest absolute Gasteiger partial charge is 0.263 e. The number of aryl methyl sites for hydroxylation is 1. The Morgan fingerprint density at radius 3 is 2.67 bits per heavy atom. The van der Waals surface area contributed by atoms with Crippen molar-refractivity contribution in [3.8, 4) is 0 Å². The molecule has 2 rings (SSSR count). The molecule has 0 saturated carbocycles. The molecule has 0 aliphatic carbocycles. The van der Waals surface area contributed by atoms with E-state index in [0.717, 1.165) is 10.0 Å². The van der Waals surface area contributed by atoms with Gasteiger partial charge in [-0.2, -0.15) is 5.10 Å². The van der Waals surface area contributed by atoms with Crippen LogP contribution >= 0.6 is 15.9 Å². The van der Waals surface area contributed by atoms with Crippen molar-refractivity contribution >= 4 is 31.8 Å². The number of nitrogens with one attached hydrogen (secondary N) is 2. The molecule has 0 amide bonds. The third-order valence-electron chi connectivity index (χ3n) is 2.98. The zero-order valence-corrected chi connectivity index (χ0v) is 14.4. The van der Waals surface area contributed by atoms with Crippen LogP contribution in [0.25, 0.3) is 0 Å². The van der Waals surface area contributed by atoms with Gasteiger partial charge in [-0.05, 0) is 37.2 Å². The first-order valence-electron chi connectivity index (χ1n) is 6.29. The number of anilines is 1. The second-order valence-electron chi connectivity index (χ2n) is 4.71. The average Bonchev–Trinajstić information content (AvgIpc) is 2.78. The number of benzene rings is 1. The van der Waals surface area contributed by atoms with E-state index in [9.17, 15) is 8.42 Å². The highest BCUT2D eigenvalue weighted by Crippen LogP contribution is 2.27. The van der Waals surface area contributed by atoms with Crippen LogP contribution < -0.4 is 10.0 Å². The van der Waals surface area contributed by atoms with Crippen molar-refractivity contribution in [3.63, 3.8) is 0 Å². The molecule has 0 aliphatic rings. The molecule has 0 aliphatic heterocycles. The van der Waals surface area contributed by atoms with E-state index in [2.05, 4.69) is 31.1 Å². The minimum Gasteiger partial charge on any atom is -0.316 e. The van der Waals surface area contributed by atoms with Crippen LogP contribution in [-0.2, 0) is 23.6 Å². The van der Waals surface area contributed by atoms with E-state index >= 15 is 0 Å². The van der Waals surface area contributed by atoms with Gasteiger partial charge in [0.25, 0.3) is 10.0 Å². The third kappa shape index (κ3) is 3.63. The average molecular weight is 373 g/mol. The van der Waals surface area contributed by atoms with Crippen molar-refractivity contribution in [1.29, 1.82) is 0 Å². The minimum absolute atomic E-state index is 0.243. The second-order valence-corrected chi connectivity index (χ2v) is 7.22. The Labute approximate surface area is 132 Å². The number of sulfonamides is 1. The van der Waals surface area contributed by atoms with E-state index in [1.807, 2.05) is 13.1 Å². The fourth-order valence-electron chi connectivity index (χ4n) is 1.95. The largest absolute Gasteiger partial charge is 0.316 e. The highest BCUT2D eigenvalue weighted by atomic mass is 79.9. The Balaban J connectivity index is 2.43. The molecule has 0 bridgehead atoms. The summed E-state index contributed by atoms with van der Waals surface area (Å²) < 4.78 is 29.9. The van der Waals surface area contributed by atoms with E-state index in [4.69, 9.17) is 0 Å². The predicted molar refractivity (Wildman–Crippen MR) is 85.7 cm³/mol. The quantitative estimate of drug-likeness (QED) is 0.841. The van der Waals surface area contributed by atoms with Crippen molar-refractivity contribution in [1.82, 2.24) is 15.1 Å². The summed E-state index contributed by atoms with van der Waals surface area (Å²) in [6, 6.07) is 5.19. The van der Waals surface area contributed by atoms with E-state index in [-0.39, 0.29) is 4.90 Å². The summed E-state index contributed by atoms with van der Waals surface area (Å²) in [6.45, 7) is 2.35. The molecule has 6 nitrogen and oxygen atoms in total. The zero-order chi connectivity index (χ0) is 15.6. The van der Waals surface area contributed by atoms with Crippen molar-refractivity contribution in [2.75, 3.05) is 11.8 Å². The summed E-state index contributed by atoms with van der Waals surface area (Å²) in [4.78, 5) is 0.243. The lowest BCUT2D eigenvalue weighted by Crippen LogP contribution is -2.16. The van der Waals surface area contributed by atoms with Gasteiger partial charge in [0.15, 0.2) is 5.82 Å². The minimum atomic E-state index is -3.68. The topological polar surface area (TPSA) is 76.0 Å². The van der Waals surface area contributed by atoms with E-state index < -0.39 is 10.0 Å². The summed E-state index contributed by atoms with van der Waals surface area (Å²) >= 11 is 3.41. The van der Waals surface area contributed by atoms with Crippen molar-refractivity contribution in [2.45, 2.75) is 18.4 Å². The molecule has 0 fully saturated rings. The molecule has 0 radical (unpaired) electrons. The molecule has 0 saturated heterocycles.